The van der Waals surface area contributed by atoms with Gasteiger partial charge in [-0.25, -0.2) is 4.39 Å². The fraction of sp³-hybridized carbons (Fsp3) is 0.333. The largest absolute Gasteiger partial charge is 0.496 e. The molecule has 1 N–H and O–H groups in total. The number of anilines is 1. The van der Waals surface area contributed by atoms with Gasteiger partial charge in [0, 0.05) is 75.4 Å². The zero-order valence-corrected chi connectivity index (χ0v) is 26.3. The van der Waals surface area contributed by atoms with Gasteiger partial charge in [0.1, 0.15) is 11.4 Å². The third kappa shape index (κ3) is 5.93. The number of methoxy groups -OCH3 is 1. The van der Waals surface area contributed by atoms with Crippen molar-refractivity contribution >= 4 is 34.1 Å². The van der Waals surface area contributed by atoms with Gasteiger partial charge >= 0.3 is 0 Å². The first kappa shape index (κ1) is 30.1. The van der Waals surface area contributed by atoms with Crippen LogP contribution in [-0.2, 0) is 18.4 Å². The molecule has 1 fully saturated rings. The molecule has 0 spiro atoms. The summed E-state index contributed by atoms with van der Waals surface area (Å²) in [5.74, 6) is 0.697. The van der Waals surface area contributed by atoms with Gasteiger partial charge in [0.2, 0.25) is 5.91 Å². The van der Waals surface area contributed by atoms with E-state index in [1.165, 1.54) is 4.80 Å². The molecule has 0 saturated carbocycles. The summed E-state index contributed by atoms with van der Waals surface area (Å²) in [6.45, 7) is 3.44. The second-order valence-electron chi connectivity index (χ2n) is 11.7. The van der Waals surface area contributed by atoms with E-state index in [4.69, 9.17) is 4.74 Å². The van der Waals surface area contributed by atoms with Crippen LogP contribution < -0.4 is 9.64 Å². The number of halogens is 1. The molecule has 0 aliphatic carbocycles. The number of para-hydroxylation sites is 1. The Labute approximate surface area is 270 Å². The first-order valence-electron chi connectivity index (χ1n) is 15.6. The van der Waals surface area contributed by atoms with Crippen molar-refractivity contribution in [3.63, 3.8) is 0 Å². The summed E-state index contributed by atoms with van der Waals surface area (Å²) < 4.78 is 23.9. The number of aryl methyl sites for hydroxylation is 2. The van der Waals surface area contributed by atoms with Gasteiger partial charge < -0.3 is 24.4 Å². The number of amides is 2. The lowest BCUT2D eigenvalue weighted by Crippen LogP contribution is -2.49. The Bertz CT molecular complexity index is 1960. The van der Waals surface area contributed by atoms with E-state index in [1.807, 2.05) is 36.4 Å². The number of carbonyl (C=O) groups excluding carboxylic acids is 2. The third-order valence-corrected chi connectivity index (χ3v) is 8.83. The third-order valence-electron chi connectivity index (χ3n) is 8.83. The fourth-order valence-electron chi connectivity index (χ4n) is 6.36. The fourth-order valence-corrected chi connectivity index (χ4v) is 6.36. The predicted molar refractivity (Wildman–Crippen MR) is 173 cm³/mol. The van der Waals surface area contributed by atoms with E-state index in [9.17, 15) is 9.59 Å². The molecule has 5 heterocycles. The summed E-state index contributed by atoms with van der Waals surface area (Å²) in [6, 6.07) is 11.1. The van der Waals surface area contributed by atoms with Crippen LogP contribution in [0.25, 0.3) is 27.6 Å². The SMILES string of the molecule is COc1ccccc1-c1cc(C2=CCCN(C(=O)CCn3ccnn3)C2)c(F)c2[nH]c(C(=O)N3CCN(c4cnn(C)n4)CC3)cc12. The van der Waals surface area contributed by atoms with Gasteiger partial charge in [0.25, 0.3) is 5.91 Å². The van der Waals surface area contributed by atoms with E-state index in [0.29, 0.717) is 73.7 Å². The highest BCUT2D eigenvalue weighted by molar-refractivity contribution is 6.05. The van der Waals surface area contributed by atoms with Crippen molar-refractivity contribution in [2.75, 3.05) is 51.3 Å². The van der Waals surface area contributed by atoms with Crippen LogP contribution in [0.5, 0.6) is 5.75 Å². The Kier molecular flexibility index (Phi) is 8.14. The number of nitrogens with one attached hydrogen (secondary N) is 1. The highest BCUT2D eigenvalue weighted by Gasteiger charge is 2.28. The maximum atomic E-state index is 16.6. The van der Waals surface area contributed by atoms with E-state index in [2.05, 4.69) is 30.4 Å². The molecule has 2 amide bonds. The molecule has 7 rings (SSSR count). The number of piperazine rings is 1. The van der Waals surface area contributed by atoms with Crippen LogP contribution in [-0.4, -0.2) is 103 Å². The lowest BCUT2D eigenvalue weighted by Gasteiger charge is -2.34. The van der Waals surface area contributed by atoms with Crippen LogP contribution in [0.2, 0.25) is 0 Å². The number of aromatic nitrogens is 7. The monoisotopic (exact) mass is 638 g/mol. The smallest absolute Gasteiger partial charge is 0.270 e. The lowest BCUT2D eigenvalue weighted by molar-refractivity contribution is -0.131. The van der Waals surface area contributed by atoms with Crippen molar-refractivity contribution < 1.29 is 18.7 Å². The molecule has 5 aromatic rings. The van der Waals surface area contributed by atoms with Gasteiger partial charge in [-0.1, -0.05) is 29.5 Å². The molecule has 2 aromatic carbocycles. The molecule has 14 heteroatoms. The minimum absolute atomic E-state index is 0.0373. The maximum absolute atomic E-state index is 16.6. The number of rotatable bonds is 8. The first-order chi connectivity index (χ1) is 22.9. The molecule has 0 bridgehead atoms. The molecule has 47 heavy (non-hydrogen) atoms. The topological polar surface area (TPSA) is 130 Å². The van der Waals surface area contributed by atoms with Crippen molar-refractivity contribution in [2.45, 2.75) is 19.4 Å². The van der Waals surface area contributed by atoms with E-state index in [-0.39, 0.29) is 30.3 Å². The van der Waals surface area contributed by atoms with Crippen molar-refractivity contribution in [3.8, 4) is 16.9 Å². The molecular formula is C33H35FN10O3. The zero-order valence-electron chi connectivity index (χ0n) is 26.3. The Morgan fingerprint density at radius 1 is 1.02 bits per heavy atom. The highest BCUT2D eigenvalue weighted by Crippen LogP contribution is 2.40. The van der Waals surface area contributed by atoms with Crippen LogP contribution in [0.3, 0.4) is 0 Å². The molecular weight excluding hydrogens is 603 g/mol. The van der Waals surface area contributed by atoms with Gasteiger partial charge in [0.05, 0.1) is 31.6 Å². The van der Waals surface area contributed by atoms with Gasteiger partial charge in [-0.05, 0) is 35.8 Å². The summed E-state index contributed by atoms with van der Waals surface area (Å²) in [6.07, 6.45) is 7.86. The Hall–Kier alpha value is -5.53. The summed E-state index contributed by atoms with van der Waals surface area (Å²) in [5, 5.41) is 16.8. The van der Waals surface area contributed by atoms with Crippen LogP contribution in [0, 0.1) is 5.82 Å². The van der Waals surface area contributed by atoms with E-state index in [1.54, 1.807) is 53.3 Å². The number of benzene rings is 2. The lowest BCUT2D eigenvalue weighted by atomic mass is 9.93. The standard InChI is InChI=1S/C33H35FN10O3/c1-40-36-20-29(38-40)41-14-16-42(17-15-41)33(46)27-19-26-25(23-7-3-4-8-28(23)47-2)18-24(31(34)32(26)37-27)22-6-5-11-43(21-22)30(45)9-12-44-13-10-35-39-44/h3-4,6-8,10,13,18-20,37H,5,9,11-12,14-17,21H2,1-2H3. The minimum Gasteiger partial charge on any atom is -0.496 e. The average molecular weight is 639 g/mol. The number of hydrogen-bond acceptors (Lipinski definition) is 8. The Balaban J connectivity index is 1.20. The molecule has 2 aliphatic rings. The first-order valence-corrected chi connectivity index (χ1v) is 15.6. The average Bonchev–Trinajstić information content (AvgIpc) is 3.89. The molecule has 0 radical (unpaired) electrons. The molecule has 1 saturated heterocycles. The quantitative estimate of drug-likeness (QED) is 0.274. The molecule has 242 valence electrons. The summed E-state index contributed by atoms with van der Waals surface area (Å²) in [7, 11) is 3.37. The molecule has 0 unspecified atom stereocenters. The van der Waals surface area contributed by atoms with Crippen molar-refractivity contribution in [1.82, 2.24) is 44.8 Å². The van der Waals surface area contributed by atoms with Crippen LogP contribution >= 0.6 is 0 Å². The summed E-state index contributed by atoms with van der Waals surface area (Å²) in [4.78, 5) is 37.2. The molecule has 13 nitrogen and oxygen atoms in total. The second kappa shape index (κ2) is 12.7. The van der Waals surface area contributed by atoms with Crippen LogP contribution in [0.1, 0.15) is 28.9 Å². The number of nitrogens with zero attached hydrogens (tertiary/aromatic N) is 9. The molecule has 2 aliphatic heterocycles. The van der Waals surface area contributed by atoms with Gasteiger partial charge in [-0.3, -0.25) is 14.3 Å². The van der Waals surface area contributed by atoms with Crippen LogP contribution in [0.15, 0.2) is 61.1 Å². The maximum Gasteiger partial charge on any atom is 0.270 e. The second-order valence-corrected chi connectivity index (χ2v) is 11.7. The number of hydrogen-bond donors (Lipinski definition) is 1. The predicted octanol–water partition coefficient (Wildman–Crippen LogP) is 3.37. The Morgan fingerprint density at radius 3 is 2.60 bits per heavy atom. The normalized spacial score (nSPS) is 15.3. The Morgan fingerprint density at radius 2 is 1.85 bits per heavy atom. The number of ether oxygens (including phenoxy) is 1. The minimum atomic E-state index is -0.465. The van der Waals surface area contributed by atoms with Gasteiger partial charge in [-0.15, -0.1) is 10.2 Å². The van der Waals surface area contributed by atoms with Gasteiger partial charge in [0.15, 0.2) is 11.6 Å². The highest BCUT2D eigenvalue weighted by atomic mass is 19.1. The van der Waals surface area contributed by atoms with Crippen molar-refractivity contribution in [1.29, 1.82) is 0 Å². The van der Waals surface area contributed by atoms with E-state index < -0.39 is 5.82 Å². The van der Waals surface area contributed by atoms with Crippen LogP contribution in [0.4, 0.5) is 10.2 Å². The number of aromatic amines is 1. The molecule has 0 atom stereocenters. The van der Waals surface area contributed by atoms with Crippen molar-refractivity contribution in [2.24, 2.45) is 7.05 Å². The van der Waals surface area contributed by atoms with E-state index in [0.717, 1.165) is 16.9 Å². The number of H-pyrrole nitrogens is 1. The number of carbonyl (C=O) groups is 2. The van der Waals surface area contributed by atoms with E-state index >= 15 is 4.39 Å². The van der Waals surface area contributed by atoms with Crippen molar-refractivity contribution in [3.05, 3.63) is 78.1 Å². The molecule has 3 aromatic heterocycles. The number of fused-ring (bicyclic) bond motifs is 1. The summed E-state index contributed by atoms with van der Waals surface area (Å²) in [5.41, 5.74) is 3.14. The zero-order chi connectivity index (χ0) is 32.5. The van der Waals surface area contributed by atoms with Gasteiger partial charge in [-0.2, -0.15) is 9.90 Å². The summed E-state index contributed by atoms with van der Waals surface area (Å²) >= 11 is 0.